The van der Waals surface area contributed by atoms with Crippen molar-refractivity contribution in [1.29, 1.82) is 0 Å². The van der Waals surface area contributed by atoms with E-state index in [2.05, 4.69) is 0 Å². The summed E-state index contributed by atoms with van der Waals surface area (Å²) in [5.74, 6) is 0. The van der Waals surface area contributed by atoms with Gasteiger partial charge < -0.3 is 30.3 Å². The van der Waals surface area contributed by atoms with Gasteiger partial charge in [0.05, 0.1) is 0 Å². The first-order valence-electron chi connectivity index (χ1n) is 4.95. The third kappa shape index (κ3) is 5.29. The van der Waals surface area contributed by atoms with Crippen LogP contribution in [-0.2, 0) is 17.1 Å². The van der Waals surface area contributed by atoms with Gasteiger partial charge in [-0.1, -0.05) is 13.0 Å². The van der Waals surface area contributed by atoms with Crippen LogP contribution in [0.5, 0.6) is 0 Å². The van der Waals surface area contributed by atoms with E-state index >= 15 is 0 Å². The Labute approximate surface area is 111 Å². The second kappa shape index (κ2) is 8.50. The van der Waals surface area contributed by atoms with Crippen LogP contribution in [0, 0.1) is 10.1 Å². The maximum atomic E-state index is 10.4. The van der Waals surface area contributed by atoms with Crippen molar-refractivity contribution in [2.24, 2.45) is 0 Å². The Balaban J connectivity index is 0.000000360. The number of allylic oxidation sites excluding steroid dienone is 1. The van der Waals surface area contributed by atoms with Crippen molar-refractivity contribution in [1.82, 2.24) is 0 Å². The van der Waals surface area contributed by atoms with Gasteiger partial charge in [-0.15, -0.1) is 12.1 Å². The molecule has 0 aliphatic heterocycles. The summed E-state index contributed by atoms with van der Waals surface area (Å²) in [4.78, 5) is 9.99. The second-order valence-corrected chi connectivity index (χ2v) is 3.07. The minimum absolute atomic E-state index is 0. The topological polar surface area (TPSA) is 43.1 Å². The fourth-order valence-corrected chi connectivity index (χ4v) is 1.24. The summed E-state index contributed by atoms with van der Waals surface area (Å²) < 4.78 is 0. The molecule has 3 nitrogen and oxygen atoms in total. The fourth-order valence-electron chi connectivity index (χ4n) is 1.24. The number of rotatable bonds is 2. The first kappa shape index (κ1) is 15.4. The Morgan fingerprint density at radius 1 is 1.18 bits per heavy atom. The molecule has 0 aliphatic carbocycles. The van der Waals surface area contributed by atoms with Crippen LogP contribution in [0.3, 0.4) is 0 Å². The van der Waals surface area contributed by atoms with Crippen LogP contribution in [-0.4, -0.2) is 4.92 Å². The van der Waals surface area contributed by atoms with E-state index in [9.17, 15) is 10.1 Å². The third-order valence-corrected chi connectivity index (χ3v) is 1.98. The Kier molecular flexibility index (Phi) is 7.68. The first-order chi connectivity index (χ1) is 7.75. The Bertz CT molecular complexity index is 413. The summed E-state index contributed by atoms with van der Waals surface area (Å²) in [5.41, 5.74) is 0.826. The largest absolute Gasteiger partial charge is 0.748 e. The van der Waals surface area contributed by atoms with Crippen LogP contribution in [0.4, 0.5) is 0 Å². The molecular formula is C13H13FeNO2-6. The fraction of sp³-hybridized carbons (Fsp3) is 0.0769. The number of hydrogen-bond donors (Lipinski definition) is 0. The molecule has 96 valence electrons. The van der Waals surface area contributed by atoms with Gasteiger partial charge in [-0.25, -0.2) is 0 Å². The molecule has 2 aromatic rings. The van der Waals surface area contributed by atoms with Crippen LogP contribution < -0.4 is 0 Å². The van der Waals surface area contributed by atoms with Gasteiger partial charge in [0.1, 0.15) is 0 Å². The summed E-state index contributed by atoms with van der Waals surface area (Å²) in [6.07, 6.45) is 1.50. The van der Waals surface area contributed by atoms with Crippen LogP contribution >= 0.6 is 0 Å². The van der Waals surface area contributed by atoms with Crippen molar-refractivity contribution in [3.8, 4) is 0 Å². The molecule has 0 saturated carbocycles. The first-order valence-corrected chi connectivity index (χ1v) is 4.95. The monoisotopic (exact) mass is 271 g/mol. The van der Waals surface area contributed by atoms with Crippen molar-refractivity contribution in [3.63, 3.8) is 0 Å². The molecule has 0 unspecified atom stereocenters. The van der Waals surface area contributed by atoms with Gasteiger partial charge in [0.15, 0.2) is 5.70 Å². The maximum absolute atomic E-state index is 10.4. The van der Waals surface area contributed by atoms with E-state index < -0.39 is 0 Å². The predicted molar refractivity (Wildman–Crippen MR) is 64.7 cm³/mol. The Morgan fingerprint density at radius 3 is 1.88 bits per heavy atom. The van der Waals surface area contributed by atoms with Gasteiger partial charge in [-0.2, -0.15) is 12.1 Å². The molecule has 0 saturated heterocycles. The molecule has 17 heavy (non-hydrogen) atoms. The van der Waals surface area contributed by atoms with Crippen molar-refractivity contribution in [2.75, 3.05) is 0 Å². The Hall–Kier alpha value is -1.64. The molecule has 2 rings (SSSR count). The normalized spacial score (nSPS) is 9.82. The molecule has 0 aromatic heterocycles. The van der Waals surface area contributed by atoms with Crippen molar-refractivity contribution in [2.45, 2.75) is 6.92 Å². The maximum Gasteiger partial charge on any atom is 0.195 e. The summed E-state index contributed by atoms with van der Waals surface area (Å²) in [7, 11) is 0. The van der Waals surface area contributed by atoms with Gasteiger partial charge >= 0.3 is 0 Å². The molecule has 0 fully saturated rings. The summed E-state index contributed by atoms with van der Waals surface area (Å²) >= 11 is 0. The number of nitrogens with zero attached hydrogens (tertiary/aromatic N) is 1. The molecule has 0 bridgehead atoms. The molecule has 2 aromatic carbocycles. The molecule has 0 spiro atoms. The number of nitro groups is 1. The molecule has 0 aliphatic rings. The average molecular weight is 271 g/mol. The van der Waals surface area contributed by atoms with E-state index in [1.807, 2.05) is 30.3 Å². The molecule has 0 heterocycles. The summed E-state index contributed by atoms with van der Waals surface area (Å²) in [6, 6.07) is 17.0. The number of hydrogen-bond acceptors (Lipinski definition) is 2. The van der Waals surface area contributed by atoms with Crippen LogP contribution in [0.25, 0.3) is 5.70 Å². The van der Waals surface area contributed by atoms with E-state index in [-0.39, 0.29) is 27.7 Å². The third-order valence-electron chi connectivity index (χ3n) is 1.98. The van der Waals surface area contributed by atoms with E-state index in [0.717, 1.165) is 0 Å². The molecule has 0 N–H and O–H groups in total. The van der Waals surface area contributed by atoms with Crippen molar-refractivity contribution >= 4 is 5.70 Å². The molecule has 0 amide bonds. The second-order valence-electron chi connectivity index (χ2n) is 3.07. The molecular weight excluding hydrogens is 258 g/mol. The molecule has 4 heteroatoms. The van der Waals surface area contributed by atoms with E-state index in [1.54, 1.807) is 31.2 Å². The summed E-state index contributed by atoms with van der Waals surface area (Å²) in [5, 5.41) is 10.4. The van der Waals surface area contributed by atoms with Crippen molar-refractivity contribution in [3.05, 3.63) is 76.4 Å². The smallest absolute Gasteiger partial charge is 0.195 e. The zero-order chi connectivity index (χ0) is 11.8. The Morgan fingerprint density at radius 2 is 1.59 bits per heavy atom. The molecule has 0 atom stereocenters. The van der Waals surface area contributed by atoms with Crippen molar-refractivity contribution < 1.29 is 22.0 Å². The van der Waals surface area contributed by atoms with E-state index in [4.69, 9.17) is 0 Å². The van der Waals surface area contributed by atoms with Gasteiger partial charge in [0.2, 0.25) is 0 Å². The van der Waals surface area contributed by atoms with Crippen LogP contribution in [0.1, 0.15) is 12.5 Å². The standard InChI is InChI=1S/C8H8NO2.C5H5.Fe/c1-2-8(9(10)11)7-5-3-4-6-7;1-2-4-5-3-1;/h2-6H,1H3;1-5H;/q-1;-5;. The van der Waals surface area contributed by atoms with Gasteiger partial charge in [0.25, 0.3) is 0 Å². The van der Waals surface area contributed by atoms with E-state index in [1.165, 1.54) is 6.08 Å². The van der Waals surface area contributed by atoms with Crippen LogP contribution in [0.15, 0.2) is 60.7 Å². The zero-order valence-electron chi connectivity index (χ0n) is 9.39. The average Bonchev–Trinajstić information content (AvgIpc) is 2.94. The zero-order valence-corrected chi connectivity index (χ0v) is 10.5. The quantitative estimate of drug-likeness (QED) is 0.363. The van der Waals surface area contributed by atoms with Gasteiger partial charge in [-0.3, -0.25) is 10.1 Å². The predicted octanol–water partition coefficient (Wildman–Crippen LogP) is 3.45. The molecule has 0 radical (unpaired) electrons. The van der Waals surface area contributed by atoms with Gasteiger partial charge in [-0.05, 0) is 5.56 Å². The van der Waals surface area contributed by atoms with Crippen LogP contribution in [0.2, 0.25) is 0 Å². The van der Waals surface area contributed by atoms with E-state index in [0.29, 0.717) is 5.56 Å². The van der Waals surface area contributed by atoms with Gasteiger partial charge in [0, 0.05) is 22.0 Å². The summed E-state index contributed by atoms with van der Waals surface area (Å²) in [6.45, 7) is 1.66. The SMILES string of the molecule is CC=C([c-]1cccc1)[N+](=O)[O-].[Fe].[cH-]1[cH-][cH-][cH-][cH-]1. The minimum atomic E-state index is -0.380. The minimum Gasteiger partial charge on any atom is -0.748 e.